The molecule has 2 aromatic rings. The predicted octanol–water partition coefficient (Wildman–Crippen LogP) is 2.64. The van der Waals surface area contributed by atoms with Crippen LogP contribution < -0.4 is 0 Å². The molecular weight excluding hydrogens is 212 g/mol. The normalized spacial score (nSPS) is 19.2. The lowest BCUT2D eigenvalue weighted by molar-refractivity contribution is 0.00492. The largest absolute Gasteiger partial charge is 0.390 e. The summed E-state index contributed by atoms with van der Waals surface area (Å²) in [5.41, 5.74) is 0.808. The second-order valence-electron chi connectivity index (χ2n) is 4.88. The molecule has 0 saturated heterocycles. The first-order valence-corrected chi connectivity index (χ1v) is 6.10. The number of benzene rings is 2. The smallest absolute Gasteiger partial charge is 0.105 e. The van der Waals surface area contributed by atoms with E-state index in [4.69, 9.17) is 0 Å². The van der Waals surface area contributed by atoms with Crippen molar-refractivity contribution in [1.82, 2.24) is 0 Å². The van der Waals surface area contributed by atoms with Crippen LogP contribution in [0, 0.1) is 5.92 Å². The Bertz CT molecular complexity index is 531. The molecule has 1 aliphatic carbocycles. The third-order valence-electron chi connectivity index (χ3n) is 3.54. The molecule has 17 heavy (non-hydrogen) atoms. The van der Waals surface area contributed by atoms with Crippen LogP contribution in [0.1, 0.15) is 24.5 Å². The maximum atomic E-state index is 10.1. The molecule has 2 heteroatoms. The molecule has 0 radical (unpaired) electrons. The molecule has 2 unspecified atom stereocenters. The van der Waals surface area contributed by atoms with Gasteiger partial charge in [0.2, 0.25) is 0 Å². The topological polar surface area (TPSA) is 40.5 Å². The molecule has 0 bridgehead atoms. The second kappa shape index (κ2) is 4.13. The van der Waals surface area contributed by atoms with Crippen molar-refractivity contribution in [2.24, 2.45) is 5.92 Å². The molecule has 1 fully saturated rings. The van der Waals surface area contributed by atoms with Crippen molar-refractivity contribution in [3.63, 3.8) is 0 Å². The van der Waals surface area contributed by atoms with Gasteiger partial charge in [-0.1, -0.05) is 36.4 Å². The van der Waals surface area contributed by atoms with Crippen molar-refractivity contribution in [3.8, 4) is 0 Å². The lowest BCUT2D eigenvalue weighted by Gasteiger charge is -2.18. The Morgan fingerprint density at radius 1 is 0.941 bits per heavy atom. The maximum Gasteiger partial charge on any atom is 0.105 e. The Morgan fingerprint density at radius 2 is 1.65 bits per heavy atom. The Hall–Kier alpha value is -1.38. The van der Waals surface area contributed by atoms with Gasteiger partial charge in [-0.05, 0) is 41.2 Å². The number of hydrogen-bond acceptors (Lipinski definition) is 2. The first-order chi connectivity index (χ1) is 8.25. The molecule has 1 saturated carbocycles. The maximum absolute atomic E-state index is 10.1. The average molecular weight is 228 g/mol. The summed E-state index contributed by atoms with van der Waals surface area (Å²) in [6, 6.07) is 13.9. The summed E-state index contributed by atoms with van der Waals surface area (Å²) in [6.45, 7) is 0. The van der Waals surface area contributed by atoms with Gasteiger partial charge in [-0.2, -0.15) is 0 Å². The highest BCUT2D eigenvalue weighted by molar-refractivity contribution is 5.83. The number of aliphatic hydroxyl groups is 2. The van der Waals surface area contributed by atoms with E-state index in [0.717, 1.165) is 29.2 Å². The van der Waals surface area contributed by atoms with Crippen molar-refractivity contribution in [2.75, 3.05) is 0 Å². The molecule has 0 spiro atoms. The highest BCUT2D eigenvalue weighted by atomic mass is 16.3. The zero-order valence-corrected chi connectivity index (χ0v) is 9.58. The fourth-order valence-corrected chi connectivity index (χ4v) is 2.28. The van der Waals surface area contributed by atoms with Crippen LogP contribution in [0.4, 0.5) is 0 Å². The standard InChI is InChI=1S/C15H16O2/c16-14(11-6-7-11)15(17)13-8-5-10-3-1-2-4-12(10)9-13/h1-5,8-9,11,14-17H,6-7H2. The second-order valence-corrected chi connectivity index (χ2v) is 4.88. The van der Waals surface area contributed by atoms with Gasteiger partial charge in [0.1, 0.15) is 6.10 Å². The van der Waals surface area contributed by atoms with Crippen molar-refractivity contribution in [1.29, 1.82) is 0 Å². The highest BCUT2D eigenvalue weighted by Crippen LogP contribution is 2.38. The third-order valence-corrected chi connectivity index (χ3v) is 3.54. The van der Waals surface area contributed by atoms with Crippen LogP contribution >= 0.6 is 0 Å². The summed E-state index contributed by atoms with van der Waals surface area (Å²) >= 11 is 0. The predicted molar refractivity (Wildman–Crippen MR) is 67.6 cm³/mol. The van der Waals surface area contributed by atoms with Crippen molar-refractivity contribution >= 4 is 10.8 Å². The molecule has 2 N–H and O–H groups in total. The lowest BCUT2D eigenvalue weighted by Crippen LogP contribution is -2.20. The molecule has 88 valence electrons. The van der Waals surface area contributed by atoms with Crippen LogP contribution in [0.3, 0.4) is 0 Å². The van der Waals surface area contributed by atoms with Crippen molar-refractivity contribution in [3.05, 3.63) is 48.0 Å². The molecule has 3 rings (SSSR count). The SMILES string of the molecule is OC(c1ccc2ccccc2c1)C(O)C1CC1. The van der Waals surface area contributed by atoms with Crippen molar-refractivity contribution in [2.45, 2.75) is 25.0 Å². The third kappa shape index (κ3) is 2.06. The fourth-order valence-electron chi connectivity index (χ4n) is 2.28. The van der Waals surface area contributed by atoms with Gasteiger partial charge in [0.05, 0.1) is 6.10 Å². The van der Waals surface area contributed by atoms with E-state index < -0.39 is 12.2 Å². The van der Waals surface area contributed by atoms with Gasteiger partial charge in [-0.15, -0.1) is 0 Å². The van der Waals surface area contributed by atoms with Gasteiger partial charge in [0.15, 0.2) is 0 Å². The Balaban J connectivity index is 1.93. The summed E-state index contributed by atoms with van der Waals surface area (Å²) in [5.74, 6) is 0.288. The van der Waals surface area contributed by atoms with E-state index in [1.807, 2.05) is 42.5 Å². The minimum absolute atomic E-state index is 0.288. The molecule has 1 aliphatic rings. The van der Waals surface area contributed by atoms with Gasteiger partial charge >= 0.3 is 0 Å². The van der Waals surface area contributed by atoms with Gasteiger partial charge in [0, 0.05) is 0 Å². The number of hydrogen-bond donors (Lipinski definition) is 2. The number of aliphatic hydroxyl groups excluding tert-OH is 2. The van der Waals surface area contributed by atoms with E-state index in [9.17, 15) is 10.2 Å². The van der Waals surface area contributed by atoms with Crippen LogP contribution in [-0.2, 0) is 0 Å². The van der Waals surface area contributed by atoms with Gasteiger partial charge in [0.25, 0.3) is 0 Å². The molecule has 2 aromatic carbocycles. The quantitative estimate of drug-likeness (QED) is 0.847. The van der Waals surface area contributed by atoms with E-state index in [-0.39, 0.29) is 5.92 Å². The minimum atomic E-state index is -0.757. The summed E-state index contributed by atoms with van der Waals surface area (Å²) < 4.78 is 0. The van der Waals surface area contributed by atoms with Crippen LogP contribution in [0.25, 0.3) is 10.8 Å². The van der Waals surface area contributed by atoms with E-state index in [1.54, 1.807) is 0 Å². The average Bonchev–Trinajstić information content (AvgIpc) is 3.21. The molecule has 0 aliphatic heterocycles. The Labute approximate surface area is 101 Å². The first-order valence-electron chi connectivity index (χ1n) is 6.10. The van der Waals surface area contributed by atoms with Crippen LogP contribution in [0.15, 0.2) is 42.5 Å². The summed E-state index contributed by atoms with van der Waals surface area (Å²) in [5, 5.41) is 22.3. The summed E-state index contributed by atoms with van der Waals surface area (Å²) in [7, 11) is 0. The zero-order valence-electron chi connectivity index (χ0n) is 9.58. The molecular formula is C15H16O2. The Morgan fingerprint density at radius 3 is 2.35 bits per heavy atom. The summed E-state index contributed by atoms with van der Waals surface area (Å²) in [6.07, 6.45) is 0.695. The monoisotopic (exact) mass is 228 g/mol. The fraction of sp³-hybridized carbons (Fsp3) is 0.333. The van der Waals surface area contributed by atoms with E-state index in [2.05, 4.69) is 0 Å². The van der Waals surface area contributed by atoms with Crippen molar-refractivity contribution < 1.29 is 10.2 Å². The molecule has 0 amide bonds. The minimum Gasteiger partial charge on any atom is -0.390 e. The highest BCUT2D eigenvalue weighted by Gasteiger charge is 2.35. The molecule has 0 aromatic heterocycles. The van der Waals surface area contributed by atoms with Gasteiger partial charge in [-0.3, -0.25) is 0 Å². The van der Waals surface area contributed by atoms with Crippen LogP contribution in [0.2, 0.25) is 0 Å². The first kappa shape index (κ1) is 10.8. The van der Waals surface area contributed by atoms with Crippen LogP contribution in [0.5, 0.6) is 0 Å². The molecule has 2 nitrogen and oxygen atoms in total. The Kier molecular flexibility index (Phi) is 2.61. The molecule has 2 atom stereocenters. The number of fused-ring (bicyclic) bond motifs is 1. The molecule has 0 heterocycles. The van der Waals surface area contributed by atoms with Crippen LogP contribution in [-0.4, -0.2) is 16.3 Å². The van der Waals surface area contributed by atoms with Gasteiger partial charge < -0.3 is 10.2 Å². The number of rotatable bonds is 3. The lowest BCUT2D eigenvalue weighted by atomic mass is 9.98. The van der Waals surface area contributed by atoms with E-state index in [1.165, 1.54) is 0 Å². The van der Waals surface area contributed by atoms with E-state index in [0.29, 0.717) is 0 Å². The zero-order chi connectivity index (χ0) is 11.8. The van der Waals surface area contributed by atoms with Gasteiger partial charge in [-0.25, -0.2) is 0 Å². The summed E-state index contributed by atoms with van der Waals surface area (Å²) in [4.78, 5) is 0. The van der Waals surface area contributed by atoms with E-state index >= 15 is 0 Å².